The van der Waals surface area contributed by atoms with Crippen LogP contribution in [-0.4, -0.2) is 35.8 Å². The normalized spacial score (nSPS) is 14.1. The first-order chi connectivity index (χ1) is 12.4. The number of carbonyl (C=O) groups excluding carboxylic acids is 2. The Labute approximate surface area is 152 Å². The minimum atomic E-state index is -4.01. The summed E-state index contributed by atoms with van der Waals surface area (Å²) in [5.41, 5.74) is 1.58. The van der Waals surface area contributed by atoms with Gasteiger partial charge in [0.05, 0.1) is 13.5 Å². The molecule has 2 rings (SSSR count). The molecule has 26 heavy (non-hydrogen) atoms. The highest BCUT2D eigenvalue weighted by molar-refractivity contribution is 7.59. The molecule has 0 aliphatic carbocycles. The molecule has 2 aromatic carbocycles. The largest absolute Gasteiger partial charge is 0.469 e. The third-order valence-electron chi connectivity index (χ3n) is 3.88. The van der Waals surface area contributed by atoms with Crippen molar-refractivity contribution in [1.29, 1.82) is 0 Å². The molecule has 0 saturated heterocycles. The predicted molar refractivity (Wildman–Crippen MR) is 98.9 cm³/mol. The van der Waals surface area contributed by atoms with Crippen LogP contribution < -0.4 is 5.32 Å². The first-order valence-electron chi connectivity index (χ1n) is 8.16. The molecule has 6 nitrogen and oxygen atoms in total. The van der Waals surface area contributed by atoms with Crippen LogP contribution in [0.25, 0.3) is 0 Å². The van der Waals surface area contributed by atoms with Crippen molar-refractivity contribution in [3.05, 3.63) is 71.8 Å². The molecule has 2 aromatic rings. The topological polar surface area (TPSA) is 92.7 Å². The van der Waals surface area contributed by atoms with E-state index in [2.05, 4.69) is 10.1 Å². The van der Waals surface area contributed by atoms with Crippen molar-refractivity contribution in [2.45, 2.75) is 18.6 Å². The summed E-state index contributed by atoms with van der Waals surface area (Å²) in [4.78, 5) is 34.2. The quantitative estimate of drug-likeness (QED) is 0.546. The van der Waals surface area contributed by atoms with E-state index in [9.17, 15) is 19.0 Å². The molecule has 0 fully saturated rings. The molecule has 138 valence electrons. The molecular weight excluding hydrogens is 353 g/mol. The van der Waals surface area contributed by atoms with E-state index in [4.69, 9.17) is 0 Å². The number of ether oxygens (including phenoxy) is 1. The SMILES string of the molecule is COC(=O)CP(=O)(O)[C@H](Cc1ccccc1)NC(=O)Cc1ccccc1. The lowest BCUT2D eigenvalue weighted by Crippen LogP contribution is -2.38. The fraction of sp³-hybridized carbons (Fsp3) is 0.263. The second kappa shape index (κ2) is 9.32. The highest BCUT2D eigenvalue weighted by Crippen LogP contribution is 2.46. The molecule has 0 saturated carbocycles. The van der Waals surface area contributed by atoms with Crippen LogP contribution in [0, 0.1) is 0 Å². The maximum Gasteiger partial charge on any atom is 0.315 e. The van der Waals surface area contributed by atoms with E-state index >= 15 is 0 Å². The van der Waals surface area contributed by atoms with Gasteiger partial charge in [0, 0.05) is 6.42 Å². The van der Waals surface area contributed by atoms with Crippen molar-refractivity contribution in [1.82, 2.24) is 5.32 Å². The van der Waals surface area contributed by atoms with E-state index in [0.717, 1.165) is 18.2 Å². The fourth-order valence-corrected chi connectivity index (χ4v) is 4.07. The number of methoxy groups -OCH3 is 1. The van der Waals surface area contributed by atoms with Gasteiger partial charge in [-0.2, -0.15) is 0 Å². The monoisotopic (exact) mass is 375 g/mol. The molecule has 2 N–H and O–H groups in total. The van der Waals surface area contributed by atoms with Gasteiger partial charge in [0.25, 0.3) is 0 Å². The summed E-state index contributed by atoms with van der Waals surface area (Å²) in [7, 11) is -2.85. The molecule has 0 radical (unpaired) electrons. The number of rotatable bonds is 8. The minimum Gasteiger partial charge on any atom is -0.469 e. The molecule has 1 amide bonds. The number of hydrogen-bond acceptors (Lipinski definition) is 4. The van der Waals surface area contributed by atoms with Crippen LogP contribution in [-0.2, 0) is 31.7 Å². The van der Waals surface area contributed by atoms with Crippen LogP contribution in [0.5, 0.6) is 0 Å². The Bertz CT molecular complexity index is 779. The van der Waals surface area contributed by atoms with E-state index in [1.807, 2.05) is 24.3 Å². The molecule has 2 atom stereocenters. The highest BCUT2D eigenvalue weighted by Gasteiger charge is 2.35. The highest BCUT2D eigenvalue weighted by atomic mass is 31.2. The van der Waals surface area contributed by atoms with Crippen LogP contribution >= 0.6 is 7.37 Å². The number of nitrogens with one attached hydrogen (secondary N) is 1. The summed E-state index contributed by atoms with van der Waals surface area (Å²) in [5, 5.41) is 2.62. The lowest BCUT2D eigenvalue weighted by Gasteiger charge is -2.24. The van der Waals surface area contributed by atoms with Gasteiger partial charge in [-0.25, -0.2) is 0 Å². The first kappa shape index (κ1) is 19.9. The Hall–Kier alpha value is -2.43. The number of benzene rings is 2. The van der Waals surface area contributed by atoms with E-state index in [1.165, 1.54) is 0 Å². The molecular formula is C19H22NO5P. The van der Waals surface area contributed by atoms with Gasteiger partial charge in [0.1, 0.15) is 11.9 Å². The van der Waals surface area contributed by atoms with E-state index in [-0.39, 0.29) is 18.7 Å². The van der Waals surface area contributed by atoms with Gasteiger partial charge in [0.15, 0.2) is 0 Å². The zero-order valence-corrected chi connectivity index (χ0v) is 15.4. The average Bonchev–Trinajstić information content (AvgIpc) is 2.62. The Morgan fingerprint density at radius 2 is 1.58 bits per heavy atom. The first-order valence-corrected chi connectivity index (χ1v) is 10.1. The Kier molecular flexibility index (Phi) is 7.13. The van der Waals surface area contributed by atoms with Crippen LogP contribution in [0.3, 0.4) is 0 Å². The van der Waals surface area contributed by atoms with Gasteiger partial charge in [0.2, 0.25) is 13.3 Å². The summed E-state index contributed by atoms with van der Waals surface area (Å²) in [6.07, 6.45) is -0.414. The van der Waals surface area contributed by atoms with Crippen molar-refractivity contribution in [2.75, 3.05) is 13.3 Å². The van der Waals surface area contributed by atoms with Crippen molar-refractivity contribution < 1.29 is 23.8 Å². The van der Waals surface area contributed by atoms with Gasteiger partial charge < -0.3 is 14.9 Å². The summed E-state index contributed by atoms with van der Waals surface area (Å²) in [6.45, 7) is 0. The summed E-state index contributed by atoms with van der Waals surface area (Å²) < 4.78 is 17.2. The van der Waals surface area contributed by atoms with Crippen molar-refractivity contribution in [2.24, 2.45) is 0 Å². The van der Waals surface area contributed by atoms with Gasteiger partial charge in [-0.05, 0) is 11.1 Å². The molecule has 1 unspecified atom stereocenters. The van der Waals surface area contributed by atoms with Crippen molar-refractivity contribution in [3.63, 3.8) is 0 Å². The molecule has 0 aromatic heterocycles. The molecule has 0 heterocycles. The number of hydrogen-bond donors (Lipinski definition) is 2. The zero-order valence-electron chi connectivity index (χ0n) is 14.5. The van der Waals surface area contributed by atoms with Gasteiger partial charge in [-0.1, -0.05) is 60.7 Å². The van der Waals surface area contributed by atoms with E-state index in [1.54, 1.807) is 36.4 Å². The summed E-state index contributed by atoms with van der Waals surface area (Å²) in [5.74, 6) is -2.23. The lowest BCUT2D eigenvalue weighted by atomic mass is 10.1. The van der Waals surface area contributed by atoms with Crippen molar-refractivity contribution >= 4 is 19.2 Å². The summed E-state index contributed by atoms with van der Waals surface area (Å²) in [6, 6.07) is 18.1. The summed E-state index contributed by atoms with van der Waals surface area (Å²) >= 11 is 0. The van der Waals surface area contributed by atoms with Crippen LogP contribution in [0.4, 0.5) is 0 Å². The van der Waals surface area contributed by atoms with Crippen LogP contribution in [0.15, 0.2) is 60.7 Å². The Balaban J connectivity index is 2.15. The fourth-order valence-electron chi connectivity index (χ4n) is 2.51. The number of amides is 1. The van der Waals surface area contributed by atoms with Crippen LogP contribution in [0.1, 0.15) is 11.1 Å². The molecule has 0 aliphatic heterocycles. The van der Waals surface area contributed by atoms with Gasteiger partial charge in [-0.15, -0.1) is 0 Å². The van der Waals surface area contributed by atoms with E-state index in [0.29, 0.717) is 0 Å². The maximum atomic E-state index is 12.7. The molecule has 7 heteroatoms. The second-order valence-corrected chi connectivity index (χ2v) is 8.38. The minimum absolute atomic E-state index is 0.0877. The Morgan fingerprint density at radius 3 is 2.12 bits per heavy atom. The van der Waals surface area contributed by atoms with E-state index < -0.39 is 25.3 Å². The van der Waals surface area contributed by atoms with Crippen molar-refractivity contribution in [3.8, 4) is 0 Å². The number of carbonyl (C=O) groups is 2. The maximum absolute atomic E-state index is 12.7. The van der Waals surface area contributed by atoms with Gasteiger partial charge >= 0.3 is 5.97 Å². The number of esters is 1. The van der Waals surface area contributed by atoms with Crippen LogP contribution in [0.2, 0.25) is 0 Å². The third-order valence-corrected chi connectivity index (χ3v) is 5.87. The molecule has 0 spiro atoms. The Morgan fingerprint density at radius 1 is 1.04 bits per heavy atom. The average molecular weight is 375 g/mol. The standard InChI is InChI=1S/C19H22NO5P/c1-25-19(22)14-26(23,24)18(13-16-10-6-3-7-11-16)20-17(21)12-15-8-4-2-5-9-15/h2-11,18H,12-14H2,1H3,(H,20,21)(H,23,24)/t18-/m1/s1. The zero-order chi connectivity index (χ0) is 19.0. The second-order valence-electron chi connectivity index (χ2n) is 5.93. The molecule has 0 aliphatic rings. The lowest BCUT2D eigenvalue weighted by molar-refractivity contribution is -0.137. The predicted octanol–water partition coefficient (Wildman–Crippen LogP) is 2.36. The third kappa shape index (κ3) is 6.14. The van der Waals surface area contributed by atoms with Gasteiger partial charge in [-0.3, -0.25) is 14.2 Å². The molecule has 0 bridgehead atoms. The smallest absolute Gasteiger partial charge is 0.315 e.